The van der Waals surface area contributed by atoms with Crippen LogP contribution < -0.4 is 21.7 Å². The third-order valence-corrected chi connectivity index (χ3v) is 5.50. The van der Waals surface area contributed by atoms with Crippen LogP contribution >= 0.6 is 0 Å². The Morgan fingerprint density at radius 1 is 0.735 bits per heavy atom. The van der Waals surface area contributed by atoms with Gasteiger partial charge in [0.25, 0.3) is 0 Å². The number of carboxylic acid groups (broad SMARTS) is 2. The summed E-state index contributed by atoms with van der Waals surface area (Å²) in [7, 11) is 0. The van der Waals surface area contributed by atoms with E-state index < -0.39 is 60.2 Å². The highest BCUT2D eigenvalue weighted by molar-refractivity contribution is 5.94. The number of aliphatic carboxylic acids is 2. The second kappa shape index (κ2) is 15.3. The summed E-state index contributed by atoms with van der Waals surface area (Å²) < 4.78 is 0. The van der Waals surface area contributed by atoms with Crippen LogP contribution in [0.15, 0.2) is 0 Å². The van der Waals surface area contributed by atoms with Crippen molar-refractivity contribution in [3.8, 4) is 0 Å². The van der Waals surface area contributed by atoms with Gasteiger partial charge >= 0.3 is 11.9 Å². The molecule has 5 atom stereocenters. The van der Waals surface area contributed by atoms with Crippen LogP contribution in [0, 0.1) is 17.8 Å². The Morgan fingerprint density at radius 3 is 1.50 bits per heavy atom. The zero-order valence-electron chi connectivity index (χ0n) is 21.1. The lowest BCUT2D eigenvalue weighted by Gasteiger charge is -2.27. The molecule has 0 spiro atoms. The van der Waals surface area contributed by atoms with Gasteiger partial charge in [-0.3, -0.25) is 19.2 Å². The molecular formula is C23H42N4O7. The number of nitrogens with one attached hydrogen (secondary N) is 3. The Bertz CT molecular complexity index is 711. The quantitative estimate of drug-likeness (QED) is 0.185. The maximum absolute atomic E-state index is 13.1. The second-order valence-electron chi connectivity index (χ2n) is 9.62. The van der Waals surface area contributed by atoms with Crippen molar-refractivity contribution >= 4 is 29.7 Å². The van der Waals surface area contributed by atoms with E-state index in [0.29, 0.717) is 12.8 Å². The van der Waals surface area contributed by atoms with Crippen LogP contribution in [0.3, 0.4) is 0 Å². The number of rotatable bonds is 16. The first-order chi connectivity index (χ1) is 15.7. The zero-order valence-corrected chi connectivity index (χ0v) is 21.1. The molecule has 0 aromatic rings. The standard InChI is InChI=1S/C23H42N4O7/c1-7-14(6)19(24)22(32)27-17(11-13(4)5)21(31)26-16(10-12(2)3)20(30)25-15(23(33)34)8-9-18(28)29/h12-17,19H,7-11,24H2,1-6H3,(H,25,30)(H,26,31)(H,27,32)(H,28,29)(H,33,34). The van der Waals surface area contributed by atoms with Crippen LogP contribution in [-0.4, -0.2) is 64.0 Å². The molecule has 0 saturated heterocycles. The molecule has 0 aliphatic rings. The van der Waals surface area contributed by atoms with Crippen molar-refractivity contribution in [2.24, 2.45) is 23.5 Å². The highest BCUT2D eigenvalue weighted by atomic mass is 16.4. The van der Waals surface area contributed by atoms with E-state index in [1.54, 1.807) is 0 Å². The Morgan fingerprint density at radius 2 is 1.15 bits per heavy atom. The number of amides is 3. The van der Waals surface area contributed by atoms with E-state index in [2.05, 4.69) is 16.0 Å². The normalized spacial score (nSPS) is 15.7. The molecule has 7 N–H and O–H groups in total. The fourth-order valence-electron chi connectivity index (χ4n) is 3.26. The van der Waals surface area contributed by atoms with Gasteiger partial charge in [0.1, 0.15) is 18.1 Å². The minimum atomic E-state index is -1.41. The summed E-state index contributed by atoms with van der Waals surface area (Å²) in [5, 5.41) is 25.8. The van der Waals surface area contributed by atoms with Crippen LogP contribution in [-0.2, 0) is 24.0 Å². The van der Waals surface area contributed by atoms with Crippen molar-refractivity contribution < 1.29 is 34.2 Å². The Balaban J connectivity index is 5.54. The summed E-state index contributed by atoms with van der Waals surface area (Å²) in [6.45, 7) is 11.2. The van der Waals surface area contributed by atoms with Gasteiger partial charge in [0.15, 0.2) is 0 Å². The molecule has 196 valence electrons. The summed E-state index contributed by atoms with van der Waals surface area (Å²) in [5.41, 5.74) is 5.99. The predicted octanol–water partition coefficient (Wildman–Crippen LogP) is 0.856. The fourth-order valence-corrected chi connectivity index (χ4v) is 3.26. The highest BCUT2D eigenvalue weighted by Crippen LogP contribution is 2.11. The molecule has 0 fully saturated rings. The molecule has 0 aliphatic carbocycles. The molecule has 0 aliphatic heterocycles. The molecule has 5 unspecified atom stereocenters. The third-order valence-electron chi connectivity index (χ3n) is 5.50. The lowest BCUT2D eigenvalue weighted by atomic mass is 9.97. The molecule has 3 amide bonds. The number of carboxylic acids is 2. The monoisotopic (exact) mass is 486 g/mol. The van der Waals surface area contributed by atoms with Crippen molar-refractivity contribution in [1.29, 1.82) is 0 Å². The van der Waals surface area contributed by atoms with Crippen molar-refractivity contribution in [2.45, 2.75) is 97.8 Å². The van der Waals surface area contributed by atoms with Gasteiger partial charge in [0.05, 0.1) is 6.04 Å². The number of carbonyl (C=O) groups excluding carboxylic acids is 3. The molecule has 34 heavy (non-hydrogen) atoms. The SMILES string of the molecule is CCC(C)C(N)C(=O)NC(CC(C)C)C(=O)NC(CC(C)C)C(=O)NC(CCC(=O)O)C(=O)O. The Hall–Kier alpha value is -2.69. The third kappa shape index (κ3) is 12.0. The maximum atomic E-state index is 13.1. The van der Waals surface area contributed by atoms with Gasteiger partial charge in [-0.2, -0.15) is 0 Å². The van der Waals surface area contributed by atoms with Gasteiger partial charge in [0.2, 0.25) is 17.7 Å². The average molecular weight is 487 g/mol. The first kappa shape index (κ1) is 31.3. The van der Waals surface area contributed by atoms with Crippen molar-refractivity contribution in [3.05, 3.63) is 0 Å². The molecule has 11 nitrogen and oxygen atoms in total. The minimum Gasteiger partial charge on any atom is -0.481 e. The summed E-state index contributed by atoms with van der Waals surface area (Å²) in [5.74, 6) is -4.36. The van der Waals surface area contributed by atoms with Gasteiger partial charge in [-0.1, -0.05) is 48.0 Å². The second-order valence-corrected chi connectivity index (χ2v) is 9.62. The summed E-state index contributed by atoms with van der Waals surface area (Å²) >= 11 is 0. The Labute approximate surface area is 201 Å². The van der Waals surface area contributed by atoms with Crippen LogP contribution in [0.1, 0.15) is 73.6 Å². The number of nitrogens with two attached hydrogens (primary N) is 1. The van der Waals surface area contributed by atoms with Gasteiger partial charge in [-0.05, 0) is 37.0 Å². The lowest BCUT2D eigenvalue weighted by Crippen LogP contribution is -2.58. The summed E-state index contributed by atoms with van der Waals surface area (Å²) in [6, 6.07) is -4.18. The van der Waals surface area contributed by atoms with E-state index >= 15 is 0 Å². The van der Waals surface area contributed by atoms with Gasteiger partial charge in [0, 0.05) is 6.42 Å². The van der Waals surface area contributed by atoms with Crippen LogP contribution in [0.5, 0.6) is 0 Å². The molecule has 11 heteroatoms. The van der Waals surface area contributed by atoms with Crippen molar-refractivity contribution in [1.82, 2.24) is 16.0 Å². The number of carbonyl (C=O) groups is 5. The van der Waals surface area contributed by atoms with Crippen molar-refractivity contribution in [2.75, 3.05) is 0 Å². The van der Waals surface area contributed by atoms with Crippen LogP contribution in [0.2, 0.25) is 0 Å². The van der Waals surface area contributed by atoms with E-state index in [4.69, 9.17) is 10.8 Å². The molecule has 0 heterocycles. The van der Waals surface area contributed by atoms with E-state index in [-0.39, 0.29) is 30.6 Å². The van der Waals surface area contributed by atoms with Crippen LogP contribution in [0.4, 0.5) is 0 Å². The molecule has 0 aromatic heterocycles. The molecule has 0 rings (SSSR count). The topological polar surface area (TPSA) is 188 Å². The van der Waals surface area contributed by atoms with E-state index in [0.717, 1.165) is 0 Å². The van der Waals surface area contributed by atoms with E-state index in [1.165, 1.54) is 0 Å². The van der Waals surface area contributed by atoms with E-state index in [1.807, 2.05) is 41.5 Å². The zero-order chi connectivity index (χ0) is 26.6. The molecule has 0 bridgehead atoms. The van der Waals surface area contributed by atoms with Crippen LogP contribution in [0.25, 0.3) is 0 Å². The molecule has 0 saturated carbocycles. The van der Waals surface area contributed by atoms with E-state index in [9.17, 15) is 29.1 Å². The van der Waals surface area contributed by atoms with Gasteiger partial charge in [-0.15, -0.1) is 0 Å². The number of hydrogen-bond acceptors (Lipinski definition) is 6. The molecule has 0 radical (unpaired) electrons. The first-order valence-electron chi connectivity index (χ1n) is 11.8. The predicted molar refractivity (Wildman–Crippen MR) is 127 cm³/mol. The first-order valence-corrected chi connectivity index (χ1v) is 11.8. The molecule has 0 aromatic carbocycles. The summed E-state index contributed by atoms with van der Waals surface area (Å²) in [4.78, 5) is 60.7. The maximum Gasteiger partial charge on any atom is 0.326 e. The summed E-state index contributed by atoms with van der Waals surface area (Å²) in [6.07, 6.45) is 0.503. The fraction of sp³-hybridized carbons (Fsp3) is 0.783. The van der Waals surface area contributed by atoms with Gasteiger partial charge < -0.3 is 31.9 Å². The average Bonchev–Trinajstić information content (AvgIpc) is 2.73. The Kier molecular flexibility index (Phi) is 14.1. The molecular weight excluding hydrogens is 444 g/mol. The van der Waals surface area contributed by atoms with Crippen molar-refractivity contribution in [3.63, 3.8) is 0 Å². The smallest absolute Gasteiger partial charge is 0.326 e. The number of hydrogen-bond donors (Lipinski definition) is 6. The minimum absolute atomic E-state index is 0.0182. The van der Waals surface area contributed by atoms with Gasteiger partial charge in [-0.25, -0.2) is 4.79 Å². The highest BCUT2D eigenvalue weighted by Gasteiger charge is 2.31. The largest absolute Gasteiger partial charge is 0.481 e. The lowest BCUT2D eigenvalue weighted by molar-refractivity contribution is -0.143.